The van der Waals surface area contributed by atoms with E-state index in [0.717, 1.165) is 16.7 Å². The van der Waals surface area contributed by atoms with E-state index >= 15 is 0 Å². The second-order valence-electron chi connectivity index (χ2n) is 6.20. The molecule has 6 heteroatoms. The summed E-state index contributed by atoms with van der Waals surface area (Å²) in [7, 11) is 0. The van der Waals surface area contributed by atoms with E-state index < -0.39 is 12.7 Å². The average molecular weight is 388 g/mol. The third kappa shape index (κ3) is 5.88. The molecule has 1 fully saturated rings. The first-order valence-corrected chi connectivity index (χ1v) is 8.77. The summed E-state index contributed by atoms with van der Waals surface area (Å²) in [4.78, 5) is 0. The molecular weight excluding hydrogens is 369 g/mol. The lowest BCUT2D eigenvalue weighted by molar-refractivity contribution is -0.274. The highest BCUT2D eigenvalue weighted by Gasteiger charge is 2.30. The highest BCUT2D eigenvalue weighted by atomic mass is 19.4. The van der Waals surface area contributed by atoms with Crippen molar-refractivity contribution in [3.8, 4) is 28.7 Å². The van der Waals surface area contributed by atoms with Gasteiger partial charge in [0.2, 0.25) is 6.29 Å². The molecule has 2 aromatic rings. The van der Waals surface area contributed by atoms with Crippen molar-refractivity contribution in [3.63, 3.8) is 0 Å². The number of alkyl halides is 3. The molecule has 1 aliphatic rings. The SMILES string of the molecule is C/C=C/C1COC(C#Cc2ccc(-c3ccc(OC(F)(F)F)cc3)cc2)OC1. The summed E-state index contributed by atoms with van der Waals surface area (Å²) in [6.45, 7) is 3.12. The Bertz CT molecular complexity index is 851. The molecule has 1 saturated heterocycles. The summed E-state index contributed by atoms with van der Waals surface area (Å²) in [5.41, 5.74) is 2.44. The van der Waals surface area contributed by atoms with Gasteiger partial charge in [-0.2, -0.15) is 0 Å². The van der Waals surface area contributed by atoms with Gasteiger partial charge in [-0.1, -0.05) is 42.3 Å². The molecule has 0 spiro atoms. The van der Waals surface area contributed by atoms with Gasteiger partial charge in [0, 0.05) is 11.5 Å². The Kier molecular flexibility index (Phi) is 6.40. The van der Waals surface area contributed by atoms with Crippen LogP contribution in [-0.4, -0.2) is 25.9 Å². The Hall–Kier alpha value is -2.75. The molecule has 3 nitrogen and oxygen atoms in total. The van der Waals surface area contributed by atoms with Gasteiger partial charge >= 0.3 is 6.36 Å². The minimum Gasteiger partial charge on any atom is -0.406 e. The predicted octanol–water partition coefficient (Wildman–Crippen LogP) is 5.17. The van der Waals surface area contributed by atoms with Gasteiger partial charge in [-0.05, 0) is 48.2 Å². The van der Waals surface area contributed by atoms with Crippen molar-refractivity contribution in [2.24, 2.45) is 5.92 Å². The maximum absolute atomic E-state index is 12.2. The summed E-state index contributed by atoms with van der Waals surface area (Å²) in [5, 5.41) is 0. The Morgan fingerprint density at radius 2 is 1.54 bits per heavy atom. The standard InChI is InChI=1S/C22H19F3O3/c1-2-3-17-14-26-21(27-15-17)13-6-16-4-7-18(8-5-16)19-9-11-20(12-10-19)28-22(23,24)25/h2-5,7-12,17,21H,14-15H2,1H3/b3-2+. The molecule has 0 bridgehead atoms. The van der Waals surface area contributed by atoms with Gasteiger partial charge in [-0.3, -0.25) is 0 Å². The van der Waals surface area contributed by atoms with Crippen LogP contribution in [0.4, 0.5) is 13.2 Å². The van der Waals surface area contributed by atoms with E-state index in [1.165, 1.54) is 12.1 Å². The van der Waals surface area contributed by atoms with Crippen LogP contribution < -0.4 is 4.74 Å². The maximum atomic E-state index is 12.2. The second kappa shape index (κ2) is 8.96. The zero-order valence-electron chi connectivity index (χ0n) is 15.2. The van der Waals surface area contributed by atoms with Crippen molar-refractivity contribution in [2.75, 3.05) is 13.2 Å². The third-order valence-corrected chi connectivity index (χ3v) is 4.03. The van der Waals surface area contributed by atoms with Crippen molar-refractivity contribution in [2.45, 2.75) is 19.6 Å². The molecule has 0 amide bonds. The molecule has 0 aromatic heterocycles. The fourth-order valence-electron chi connectivity index (χ4n) is 2.72. The summed E-state index contributed by atoms with van der Waals surface area (Å²) in [6, 6.07) is 13.1. The molecule has 0 saturated carbocycles. The van der Waals surface area contributed by atoms with E-state index in [0.29, 0.717) is 13.2 Å². The van der Waals surface area contributed by atoms with Gasteiger partial charge < -0.3 is 14.2 Å². The summed E-state index contributed by atoms with van der Waals surface area (Å²) >= 11 is 0. The van der Waals surface area contributed by atoms with Crippen LogP contribution in [0.2, 0.25) is 0 Å². The van der Waals surface area contributed by atoms with E-state index in [2.05, 4.69) is 16.6 Å². The molecule has 28 heavy (non-hydrogen) atoms. The topological polar surface area (TPSA) is 27.7 Å². The van der Waals surface area contributed by atoms with Gasteiger partial charge in [-0.25, -0.2) is 0 Å². The van der Waals surface area contributed by atoms with Crippen molar-refractivity contribution < 1.29 is 27.4 Å². The molecule has 0 atom stereocenters. The average Bonchev–Trinajstić information content (AvgIpc) is 2.68. The lowest BCUT2D eigenvalue weighted by Crippen LogP contribution is -2.30. The Morgan fingerprint density at radius 3 is 2.07 bits per heavy atom. The van der Waals surface area contributed by atoms with Crippen LogP contribution in [-0.2, 0) is 9.47 Å². The van der Waals surface area contributed by atoms with E-state index in [1.54, 1.807) is 12.1 Å². The number of allylic oxidation sites excluding steroid dienone is 1. The number of hydrogen-bond donors (Lipinski definition) is 0. The first-order chi connectivity index (χ1) is 13.4. The van der Waals surface area contributed by atoms with Crippen LogP contribution in [0.5, 0.6) is 5.75 Å². The van der Waals surface area contributed by atoms with E-state index in [-0.39, 0.29) is 11.7 Å². The summed E-state index contributed by atoms with van der Waals surface area (Å²) in [6.07, 6.45) is -1.21. The van der Waals surface area contributed by atoms with Crippen molar-refractivity contribution in [1.29, 1.82) is 0 Å². The molecule has 1 heterocycles. The largest absolute Gasteiger partial charge is 0.573 e. The maximum Gasteiger partial charge on any atom is 0.573 e. The molecule has 0 N–H and O–H groups in total. The number of hydrogen-bond acceptors (Lipinski definition) is 3. The molecule has 0 aliphatic carbocycles. The van der Waals surface area contributed by atoms with Gasteiger partial charge in [0.25, 0.3) is 0 Å². The first-order valence-electron chi connectivity index (χ1n) is 8.77. The lowest BCUT2D eigenvalue weighted by atomic mass is 10.0. The Balaban J connectivity index is 1.60. The van der Waals surface area contributed by atoms with E-state index in [9.17, 15) is 13.2 Å². The lowest BCUT2D eigenvalue weighted by Gasteiger charge is -2.24. The van der Waals surface area contributed by atoms with Crippen molar-refractivity contribution in [1.82, 2.24) is 0 Å². The van der Waals surface area contributed by atoms with Gasteiger partial charge in [-0.15, -0.1) is 13.2 Å². The third-order valence-electron chi connectivity index (χ3n) is 4.03. The van der Waals surface area contributed by atoms with E-state index in [4.69, 9.17) is 9.47 Å². The van der Waals surface area contributed by atoms with Crippen LogP contribution in [0.1, 0.15) is 12.5 Å². The van der Waals surface area contributed by atoms with Gasteiger partial charge in [0.15, 0.2) is 0 Å². The van der Waals surface area contributed by atoms with Crippen molar-refractivity contribution >= 4 is 0 Å². The molecule has 2 aromatic carbocycles. The smallest absolute Gasteiger partial charge is 0.406 e. The minimum atomic E-state index is -4.69. The quantitative estimate of drug-likeness (QED) is 0.536. The van der Waals surface area contributed by atoms with Crippen LogP contribution in [0, 0.1) is 17.8 Å². The zero-order valence-corrected chi connectivity index (χ0v) is 15.2. The molecule has 0 radical (unpaired) electrons. The number of ether oxygens (including phenoxy) is 3. The van der Waals surface area contributed by atoms with Gasteiger partial charge in [0.1, 0.15) is 5.75 Å². The fraction of sp³-hybridized carbons (Fsp3) is 0.273. The number of benzene rings is 2. The van der Waals surface area contributed by atoms with Crippen LogP contribution in [0.25, 0.3) is 11.1 Å². The number of rotatable bonds is 3. The van der Waals surface area contributed by atoms with Crippen LogP contribution in [0.15, 0.2) is 60.7 Å². The number of halogens is 3. The van der Waals surface area contributed by atoms with E-state index in [1.807, 2.05) is 43.3 Å². The molecular formula is C22H19F3O3. The normalized spacial score (nSPS) is 19.9. The van der Waals surface area contributed by atoms with Gasteiger partial charge in [0.05, 0.1) is 13.2 Å². The highest BCUT2D eigenvalue weighted by Crippen LogP contribution is 2.26. The van der Waals surface area contributed by atoms with Crippen LogP contribution in [0.3, 0.4) is 0 Å². The highest BCUT2D eigenvalue weighted by molar-refractivity contribution is 5.65. The fourth-order valence-corrected chi connectivity index (χ4v) is 2.72. The molecule has 1 aliphatic heterocycles. The zero-order chi connectivity index (χ0) is 20.0. The molecule has 0 unspecified atom stereocenters. The Labute approximate surface area is 161 Å². The molecule has 3 rings (SSSR count). The van der Waals surface area contributed by atoms with Crippen LogP contribution >= 0.6 is 0 Å². The predicted molar refractivity (Wildman–Crippen MR) is 99.4 cm³/mol. The first kappa shape index (κ1) is 20.0. The summed E-state index contributed by atoms with van der Waals surface area (Å²) in [5.74, 6) is 5.97. The summed E-state index contributed by atoms with van der Waals surface area (Å²) < 4.78 is 51.6. The minimum absolute atomic E-state index is 0.247. The second-order valence-corrected chi connectivity index (χ2v) is 6.20. The van der Waals surface area contributed by atoms with Crippen molar-refractivity contribution in [3.05, 3.63) is 66.2 Å². The monoisotopic (exact) mass is 388 g/mol. The molecule has 146 valence electrons. The Morgan fingerprint density at radius 1 is 0.964 bits per heavy atom.